The van der Waals surface area contributed by atoms with E-state index in [-0.39, 0.29) is 11.7 Å². The molecule has 122 valence electrons. The first-order valence-corrected chi connectivity index (χ1v) is 8.25. The number of pyridine rings is 1. The lowest BCUT2D eigenvalue weighted by Gasteiger charge is -2.19. The highest BCUT2D eigenvalue weighted by Gasteiger charge is 2.17. The summed E-state index contributed by atoms with van der Waals surface area (Å²) in [5.74, 6) is 5.52. The lowest BCUT2D eigenvalue weighted by atomic mass is 10.2. The Kier molecular flexibility index (Phi) is 5.22. The Morgan fingerprint density at radius 3 is 2.42 bits per heavy atom. The molecule has 0 N–H and O–H groups in total. The van der Waals surface area contributed by atoms with Crippen LogP contribution in [0.3, 0.4) is 0 Å². The van der Waals surface area contributed by atoms with Crippen molar-refractivity contribution in [3.63, 3.8) is 0 Å². The van der Waals surface area contributed by atoms with Gasteiger partial charge in [0, 0.05) is 30.4 Å². The third-order valence-corrected chi connectivity index (χ3v) is 4.05. The molecule has 1 amide bonds. The van der Waals surface area contributed by atoms with Crippen LogP contribution in [0.5, 0.6) is 0 Å². The van der Waals surface area contributed by atoms with Gasteiger partial charge < -0.3 is 4.90 Å². The van der Waals surface area contributed by atoms with Crippen molar-refractivity contribution < 1.29 is 9.18 Å². The third-order valence-electron chi connectivity index (χ3n) is 4.05. The molecular formula is C20H19FN2O. The van der Waals surface area contributed by atoms with Crippen LogP contribution in [0.4, 0.5) is 4.39 Å². The highest BCUT2D eigenvalue weighted by molar-refractivity contribution is 5.92. The van der Waals surface area contributed by atoms with Gasteiger partial charge >= 0.3 is 0 Å². The number of aromatic nitrogens is 1. The van der Waals surface area contributed by atoms with Gasteiger partial charge in [0.1, 0.15) is 11.5 Å². The van der Waals surface area contributed by atoms with Crippen molar-refractivity contribution in [2.24, 2.45) is 0 Å². The molecule has 0 radical (unpaired) electrons. The Labute approximate surface area is 141 Å². The van der Waals surface area contributed by atoms with Crippen molar-refractivity contribution in [1.82, 2.24) is 9.88 Å². The zero-order chi connectivity index (χ0) is 16.8. The van der Waals surface area contributed by atoms with E-state index in [1.54, 1.807) is 30.5 Å². The highest BCUT2D eigenvalue weighted by atomic mass is 19.1. The van der Waals surface area contributed by atoms with Gasteiger partial charge in [-0.3, -0.25) is 4.79 Å². The lowest BCUT2D eigenvalue weighted by Crippen LogP contribution is -2.32. The van der Waals surface area contributed by atoms with Gasteiger partial charge in [0.25, 0.3) is 5.91 Å². The third kappa shape index (κ3) is 4.20. The first-order valence-electron chi connectivity index (χ1n) is 8.25. The van der Waals surface area contributed by atoms with Crippen LogP contribution in [0.2, 0.25) is 0 Å². The highest BCUT2D eigenvalue weighted by Crippen LogP contribution is 2.12. The smallest absolute Gasteiger partial charge is 0.272 e. The Balaban J connectivity index is 1.70. The topological polar surface area (TPSA) is 33.2 Å². The fourth-order valence-electron chi connectivity index (χ4n) is 2.74. The molecule has 3 nitrogen and oxygen atoms in total. The van der Waals surface area contributed by atoms with Gasteiger partial charge in [0.05, 0.1) is 0 Å². The molecule has 2 aromatic rings. The average Bonchev–Trinajstić information content (AvgIpc) is 2.89. The monoisotopic (exact) mass is 322 g/mol. The van der Waals surface area contributed by atoms with E-state index in [2.05, 4.69) is 16.8 Å². The predicted molar refractivity (Wildman–Crippen MR) is 91.0 cm³/mol. The molecule has 0 spiro atoms. The summed E-state index contributed by atoms with van der Waals surface area (Å²) in [7, 11) is 0. The maximum absolute atomic E-state index is 13.1. The maximum atomic E-state index is 13.1. The van der Waals surface area contributed by atoms with E-state index in [4.69, 9.17) is 0 Å². The Bertz CT molecular complexity index is 766. The Morgan fingerprint density at radius 1 is 1.00 bits per heavy atom. The van der Waals surface area contributed by atoms with Crippen molar-refractivity contribution in [3.05, 3.63) is 65.2 Å². The minimum atomic E-state index is -0.307. The molecule has 0 atom stereocenters. The van der Waals surface area contributed by atoms with Crippen molar-refractivity contribution in [2.75, 3.05) is 13.1 Å². The van der Waals surface area contributed by atoms with E-state index < -0.39 is 0 Å². The SMILES string of the molecule is O=C(c1ccc(C#Cc2cccc(F)c2)cn1)N1CCCCCC1. The summed E-state index contributed by atoms with van der Waals surface area (Å²) in [5, 5.41) is 0. The van der Waals surface area contributed by atoms with Gasteiger partial charge in [-0.1, -0.05) is 30.7 Å². The summed E-state index contributed by atoms with van der Waals surface area (Å²) in [6.07, 6.45) is 6.08. The minimum absolute atomic E-state index is 0.0125. The van der Waals surface area contributed by atoms with Gasteiger partial charge in [-0.15, -0.1) is 0 Å². The van der Waals surface area contributed by atoms with E-state index in [9.17, 15) is 9.18 Å². The average molecular weight is 322 g/mol. The van der Waals surface area contributed by atoms with E-state index in [0.717, 1.165) is 25.9 Å². The molecule has 1 saturated heterocycles. The fourth-order valence-corrected chi connectivity index (χ4v) is 2.74. The second-order valence-electron chi connectivity index (χ2n) is 5.90. The summed E-state index contributed by atoms with van der Waals surface area (Å²) in [6.45, 7) is 1.61. The molecule has 1 fully saturated rings. The van der Waals surface area contributed by atoms with Crippen molar-refractivity contribution in [2.45, 2.75) is 25.7 Å². The summed E-state index contributed by atoms with van der Waals surface area (Å²) in [6, 6.07) is 9.64. The van der Waals surface area contributed by atoms with Gasteiger partial charge in [-0.25, -0.2) is 9.37 Å². The first kappa shape index (κ1) is 16.2. The number of amides is 1. The zero-order valence-corrected chi connectivity index (χ0v) is 13.5. The molecule has 1 aliphatic rings. The Morgan fingerprint density at radius 2 is 1.75 bits per heavy atom. The van der Waals surface area contributed by atoms with Crippen LogP contribution in [0.1, 0.15) is 47.3 Å². The first-order chi connectivity index (χ1) is 11.7. The van der Waals surface area contributed by atoms with Crippen LogP contribution < -0.4 is 0 Å². The molecule has 0 aliphatic carbocycles. The molecule has 0 saturated carbocycles. The van der Waals surface area contributed by atoms with Gasteiger partial charge in [0.15, 0.2) is 0 Å². The number of carbonyl (C=O) groups excluding carboxylic acids is 1. The normalized spacial score (nSPS) is 14.5. The maximum Gasteiger partial charge on any atom is 0.272 e. The number of benzene rings is 1. The number of hydrogen-bond acceptors (Lipinski definition) is 2. The van der Waals surface area contributed by atoms with Crippen LogP contribution in [-0.2, 0) is 0 Å². The van der Waals surface area contributed by atoms with Gasteiger partial charge in [-0.05, 0) is 43.2 Å². The molecule has 4 heteroatoms. The quantitative estimate of drug-likeness (QED) is 0.751. The van der Waals surface area contributed by atoms with Gasteiger partial charge in [-0.2, -0.15) is 0 Å². The number of rotatable bonds is 1. The molecule has 1 aliphatic heterocycles. The number of halogens is 1. The van der Waals surface area contributed by atoms with Crippen molar-refractivity contribution in [3.8, 4) is 11.8 Å². The second-order valence-corrected chi connectivity index (χ2v) is 5.90. The molecule has 3 rings (SSSR count). The predicted octanol–water partition coefficient (Wildman–Crippen LogP) is 3.64. The van der Waals surface area contributed by atoms with E-state index in [1.165, 1.54) is 25.0 Å². The summed E-state index contributed by atoms with van der Waals surface area (Å²) in [5.41, 5.74) is 1.76. The zero-order valence-electron chi connectivity index (χ0n) is 13.5. The molecule has 0 bridgehead atoms. The molecule has 1 aromatic heterocycles. The summed E-state index contributed by atoms with van der Waals surface area (Å²) >= 11 is 0. The van der Waals surface area contributed by atoms with Crippen LogP contribution in [0.15, 0.2) is 42.6 Å². The minimum Gasteiger partial charge on any atom is -0.337 e. The number of carbonyl (C=O) groups is 1. The molecular weight excluding hydrogens is 303 g/mol. The largest absolute Gasteiger partial charge is 0.337 e. The van der Waals surface area contributed by atoms with Crippen molar-refractivity contribution in [1.29, 1.82) is 0 Å². The summed E-state index contributed by atoms with van der Waals surface area (Å²) in [4.78, 5) is 18.6. The number of likely N-dealkylation sites (tertiary alicyclic amines) is 1. The standard InChI is InChI=1S/C20H19FN2O/c21-18-7-5-6-16(14-18)8-9-17-10-11-19(22-15-17)20(24)23-12-3-1-2-4-13-23/h5-7,10-11,14-15H,1-4,12-13H2. The fraction of sp³-hybridized carbons (Fsp3) is 0.300. The van der Waals surface area contributed by atoms with Crippen molar-refractivity contribution >= 4 is 5.91 Å². The number of nitrogens with zero attached hydrogens (tertiary/aromatic N) is 2. The molecule has 0 unspecified atom stereocenters. The summed E-state index contributed by atoms with van der Waals surface area (Å²) < 4.78 is 13.1. The van der Waals surface area contributed by atoms with Crippen LogP contribution in [0, 0.1) is 17.7 Å². The lowest BCUT2D eigenvalue weighted by molar-refractivity contribution is 0.0756. The van der Waals surface area contributed by atoms with E-state index in [0.29, 0.717) is 16.8 Å². The van der Waals surface area contributed by atoms with Crippen LogP contribution >= 0.6 is 0 Å². The number of hydrogen-bond donors (Lipinski definition) is 0. The van der Waals surface area contributed by atoms with E-state index >= 15 is 0 Å². The molecule has 1 aromatic carbocycles. The van der Waals surface area contributed by atoms with Crippen LogP contribution in [0.25, 0.3) is 0 Å². The Hall–Kier alpha value is -2.67. The second kappa shape index (κ2) is 7.74. The van der Waals surface area contributed by atoms with E-state index in [1.807, 2.05) is 4.90 Å². The van der Waals surface area contributed by atoms with Gasteiger partial charge in [0.2, 0.25) is 0 Å². The molecule has 24 heavy (non-hydrogen) atoms. The van der Waals surface area contributed by atoms with Crippen LogP contribution in [-0.4, -0.2) is 28.9 Å². The molecule has 2 heterocycles.